The van der Waals surface area contributed by atoms with Crippen LogP contribution in [-0.2, 0) is 19.4 Å². The molecule has 0 bridgehead atoms. The van der Waals surface area contributed by atoms with Gasteiger partial charge in [-0.25, -0.2) is 8.42 Å². The molecule has 1 aliphatic rings. The Balaban J connectivity index is 2.78. The second kappa shape index (κ2) is 9.25. The summed E-state index contributed by atoms with van der Waals surface area (Å²) in [6.45, 7) is 7.42. The summed E-state index contributed by atoms with van der Waals surface area (Å²) in [7, 11) is -3.08. The molecule has 0 aliphatic carbocycles. The highest BCUT2D eigenvalue weighted by molar-refractivity contribution is 7.91. The third-order valence-electron chi connectivity index (χ3n) is 4.28. The van der Waals surface area contributed by atoms with Gasteiger partial charge >= 0.3 is 11.8 Å². The highest BCUT2D eigenvalue weighted by atomic mass is 32.2. The van der Waals surface area contributed by atoms with E-state index in [1.165, 1.54) is 4.90 Å². The Bertz CT molecular complexity index is 496. The molecular weight excluding hydrogens is 316 g/mol. The zero-order chi connectivity index (χ0) is 17.5. The molecular formula is C16H30N2O4S. The fourth-order valence-corrected chi connectivity index (χ4v) is 4.59. The molecule has 134 valence electrons. The molecule has 23 heavy (non-hydrogen) atoms. The van der Waals surface area contributed by atoms with Crippen LogP contribution in [0.15, 0.2) is 0 Å². The molecule has 0 N–H and O–H groups in total. The summed E-state index contributed by atoms with van der Waals surface area (Å²) >= 11 is 0. The van der Waals surface area contributed by atoms with E-state index in [1.54, 1.807) is 11.8 Å². The van der Waals surface area contributed by atoms with Crippen molar-refractivity contribution in [1.82, 2.24) is 9.80 Å². The number of unbranched alkanes of at least 4 members (excludes halogenated alkanes) is 2. The lowest BCUT2D eigenvalue weighted by Crippen LogP contribution is -2.50. The van der Waals surface area contributed by atoms with E-state index in [0.717, 1.165) is 25.7 Å². The standard InChI is InChI=1S/C16H30N2O4S/c1-4-7-10-17(11-8-5-2)15(19)16(20)18(6-3)14-9-12-23(21,22)13-14/h14H,4-13H2,1-3H3. The molecule has 1 rings (SSSR count). The van der Waals surface area contributed by atoms with Crippen molar-refractivity contribution < 1.29 is 18.0 Å². The number of rotatable bonds is 8. The van der Waals surface area contributed by atoms with Crippen molar-refractivity contribution >= 4 is 21.7 Å². The average molecular weight is 346 g/mol. The van der Waals surface area contributed by atoms with E-state index in [0.29, 0.717) is 26.1 Å². The molecule has 1 heterocycles. The Morgan fingerprint density at radius 2 is 1.57 bits per heavy atom. The van der Waals surface area contributed by atoms with Gasteiger partial charge in [-0.3, -0.25) is 9.59 Å². The molecule has 1 atom stereocenters. The Morgan fingerprint density at radius 3 is 1.96 bits per heavy atom. The number of nitrogens with zero attached hydrogens (tertiary/aromatic N) is 2. The second-order valence-corrected chi connectivity index (χ2v) is 8.38. The first-order chi connectivity index (χ1) is 10.9. The minimum absolute atomic E-state index is 0.0240. The lowest BCUT2D eigenvalue weighted by Gasteiger charge is -2.29. The van der Waals surface area contributed by atoms with Crippen molar-refractivity contribution in [2.24, 2.45) is 0 Å². The topological polar surface area (TPSA) is 74.8 Å². The number of carbonyl (C=O) groups is 2. The van der Waals surface area contributed by atoms with Crippen LogP contribution in [0.2, 0.25) is 0 Å². The number of hydrogen-bond acceptors (Lipinski definition) is 4. The Morgan fingerprint density at radius 1 is 1.00 bits per heavy atom. The molecule has 0 aromatic carbocycles. The number of amides is 2. The fourth-order valence-electron chi connectivity index (χ4n) is 2.86. The Hall–Kier alpha value is -1.11. The summed E-state index contributed by atoms with van der Waals surface area (Å²) in [4.78, 5) is 28.2. The predicted octanol–water partition coefficient (Wildman–Crippen LogP) is 1.45. The van der Waals surface area contributed by atoms with Gasteiger partial charge in [0.1, 0.15) is 0 Å². The number of likely N-dealkylation sites (N-methyl/N-ethyl adjacent to an activating group) is 1. The van der Waals surface area contributed by atoms with E-state index in [4.69, 9.17) is 0 Å². The van der Waals surface area contributed by atoms with Gasteiger partial charge in [0.15, 0.2) is 9.84 Å². The highest BCUT2D eigenvalue weighted by Gasteiger charge is 2.37. The van der Waals surface area contributed by atoms with E-state index >= 15 is 0 Å². The maximum atomic E-state index is 12.6. The normalized spacial score (nSPS) is 19.5. The van der Waals surface area contributed by atoms with E-state index in [-0.39, 0.29) is 17.5 Å². The molecule has 0 aromatic rings. The minimum atomic E-state index is -3.08. The zero-order valence-electron chi connectivity index (χ0n) is 14.6. The first-order valence-electron chi connectivity index (χ1n) is 8.66. The summed E-state index contributed by atoms with van der Waals surface area (Å²) in [6, 6.07) is -0.361. The maximum Gasteiger partial charge on any atom is 0.312 e. The summed E-state index contributed by atoms with van der Waals surface area (Å²) in [5.74, 6) is -0.964. The minimum Gasteiger partial charge on any atom is -0.334 e. The molecule has 1 fully saturated rings. The smallest absolute Gasteiger partial charge is 0.312 e. The number of sulfone groups is 1. The van der Waals surface area contributed by atoms with Crippen molar-refractivity contribution in [3.05, 3.63) is 0 Å². The van der Waals surface area contributed by atoms with E-state index in [2.05, 4.69) is 0 Å². The molecule has 0 spiro atoms. The summed E-state index contributed by atoms with van der Waals surface area (Å²) < 4.78 is 23.3. The van der Waals surface area contributed by atoms with Crippen LogP contribution in [0.25, 0.3) is 0 Å². The van der Waals surface area contributed by atoms with Crippen LogP contribution in [0.4, 0.5) is 0 Å². The fraction of sp³-hybridized carbons (Fsp3) is 0.875. The van der Waals surface area contributed by atoms with Crippen LogP contribution >= 0.6 is 0 Å². The number of carbonyl (C=O) groups excluding carboxylic acids is 2. The number of hydrogen-bond donors (Lipinski definition) is 0. The molecule has 1 saturated heterocycles. The molecule has 0 radical (unpaired) electrons. The van der Waals surface area contributed by atoms with E-state index in [1.807, 2.05) is 13.8 Å². The third kappa shape index (κ3) is 5.79. The van der Waals surface area contributed by atoms with Gasteiger partial charge in [0.2, 0.25) is 0 Å². The summed E-state index contributed by atoms with van der Waals surface area (Å²) in [6.07, 6.45) is 4.09. The van der Waals surface area contributed by atoms with Gasteiger partial charge in [-0.15, -0.1) is 0 Å². The van der Waals surface area contributed by atoms with Gasteiger partial charge in [0.05, 0.1) is 11.5 Å². The van der Waals surface area contributed by atoms with E-state index in [9.17, 15) is 18.0 Å². The maximum absolute atomic E-state index is 12.6. The quantitative estimate of drug-likeness (QED) is 0.624. The lowest BCUT2D eigenvalue weighted by molar-refractivity contribution is -0.153. The van der Waals surface area contributed by atoms with Gasteiger partial charge < -0.3 is 9.80 Å². The first kappa shape index (κ1) is 19.9. The monoisotopic (exact) mass is 346 g/mol. The summed E-state index contributed by atoms with van der Waals surface area (Å²) in [5.41, 5.74) is 0. The van der Waals surface area contributed by atoms with Crippen LogP contribution in [0, 0.1) is 0 Å². The largest absolute Gasteiger partial charge is 0.334 e. The van der Waals surface area contributed by atoms with Crippen LogP contribution in [0.3, 0.4) is 0 Å². The van der Waals surface area contributed by atoms with Crippen LogP contribution < -0.4 is 0 Å². The molecule has 7 heteroatoms. The van der Waals surface area contributed by atoms with Gasteiger partial charge in [-0.2, -0.15) is 0 Å². The molecule has 1 aliphatic heterocycles. The molecule has 6 nitrogen and oxygen atoms in total. The molecule has 2 amide bonds. The van der Waals surface area contributed by atoms with Crippen molar-refractivity contribution in [2.75, 3.05) is 31.1 Å². The van der Waals surface area contributed by atoms with Gasteiger partial charge in [-0.05, 0) is 26.2 Å². The predicted molar refractivity (Wildman–Crippen MR) is 90.8 cm³/mol. The molecule has 0 aromatic heterocycles. The lowest BCUT2D eigenvalue weighted by atomic mass is 10.2. The van der Waals surface area contributed by atoms with Gasteiger partial charge in [0.25, 0.3) is 0 Å². The van der Waals surface area contributed by atoms with Crippen LogP contribution in [0.1, 0.15) is 52.9 Å². The Kier molecular flexibility index (Phi) is 8.02. The van der Waals surface area contributed by atoms with Crippen molar-refractivity contribution in [1.29, 1.82) is 0 Å². The zero-order valence-corrected chi connectivity index (χ0v) is 15.4. The average Bonchev–Trinajstić information content (AvgIpc) is 2.87. The van der Waals surface area contributed by atoms with Crippen LogP contribution in [0.5, 0.6) is 0 Å². The highest BCUT2D eigenvalue weighted by Crippen LogP contribution is 2.18. The van der Waals surface area contributed by atoms with Gasteiger partial charge in [0, 0.05) is 25.7 Å². The van der Waals surface area contributed by atoms with Gasteiger partial charge in [-0.1, -0.05) is 26.7 Å². The molecule has 0 saturated carbocycles. The van der Waals surface area contributed by atoms with Crippen molar-refractivity contribution in [3.8, 4) is 0 Å². The first-order valence-corrected chi connectivity index (χ1v) is 10.5. The molecule has 1 unspecified atom stereocenters. The summed E-state index contributed by atoms with van der Waals surface area (Å²) in [5, 5.41) is 0. The van der Waals surface area contributed by atoms with Crippen LogP contribution in [-0.4, -0.2) is 67.2 Å². The van der Waals surface area contributed by atoms with Crippen molar-refractivity contribution in [2.45, 2.75) is 58.9 Å². The third-order valence-corrected chi connectivity index (χ3v) is 6.03. The Labute approximate surface area is 140 Å². The SMILES string of the molecule is CCCCN(CCCC)C(=O)C(=O)N(CC)C1CCS(=O)(=O)C1. The van der Waals surface area contributed by atoms with E-state index < -0.39 is 21.7 Å². The second-order valence-electron chi connectivity index (χ2n) is 6.15. The van der Waals surface area contributed by atoms with Crippen molar-refractivity contribution in [3.63, 3.8) is 0 Å².